The van der Waals surface area contributed by atoms with Gasteiger partial charge in [0.05, 0.1) is 12.7 Å². The van der Waals surface area contributed by atoms with E-state index in [1.54, 1.807) is 0 Å². The van der Waals surface area contributed by atoms with Gasteiger partial charge in [-0.1, -0.05) is 6.92 Å². The lowest BCUT2D eigenvalue weighted by molar-refractivity contribution is -0.0274. The third kappa shape index (κ3) is 4.09. The zero-order valence-corrected chi connectivity index (χ0v) is 13.4. The third-order valence-corrected chi connectivity index (χ3v) is 4.60. The van der Waals surface area contributed by atoms with Crippen molar-refractivity contribution in [2.75, 3.05) is 33.3 Å². The van der Waals surface area contributed by atoms with Crippen molar-refractivity contribution < 1.29 is 4.74 Å². The number of aromatic nitrogens is 1. The van der Waals surface area contributed by atoms with Crippen LogP contribution in [0.15, 0.2) is 18.5 Å². The number of hydrogen-bond acceptors (Lipinski definition) is 3. The maximum Gasteiger partial charge on any atom is 0.0880 e. The van der Waals surface area contributed by atoms with Gasteiger partial charge in [-0.05, 0) is 50.4 Å². The predicted octanol–water partition coefficient (Wildman–Crippen LogP) is 2.27. The van der Waals surface area contributed by atoms with Crippen molar-refractivity contribution >= 4 is 0 Å². The Bertz CT molecular complexity index is 441. The standard InChI is InChI=1S/C17H29N3O/c1-3-7-18-17(14-4-5-14)15-6-8-20(11-15)13-16-12-19(2)9-10-21-16/h6,8,11,14,16-18H,3-5,7,9-10,12-13H2,1-2H3. The molecule has 1 saturated heterocycles. The van der Waals surface area contributed by atoms with Crippen LogP contribution in [-0.2, 0) is 11.3 Å². The van der Waals surface area contributed by atoms with Crippen molar-refractivity contribution in [3.05, 3.63) is 24.0 Å². The van der Waals surface area contributed by atoms with E-state index in [2.05, 4.69) is 47.2 Å². The molecular weight excluding hydrogens is 262 g/mol. The van der Waals surface area contributed by atoms with E-state index in [-0.39, 0.29) is 0 Å². The number of rotatable bonds is 7. The molecule has 2 unspecified atom stereocenters. The number of morpholine rings is 1. The summed E-state index contributed by atoms with van der Waals surface area (Å²) in [6, 6.07) is 2.85. The van der Waals surface area contributed by atoms with Gasteiger partial charge in [0.25, 0.3) is 0 Å². The summed E-state index contributed by atoms with van der Waals surface area (Å²) >= 11 is 0. The van der Waals surface area contributed by atoms with Gasteiger partial charge < -0.3 is 19.5 Å². The molecular formula is C17H29N3O. The van der Waals surface area contributed by atoms with E-state index in [9.17, 15) is 0 Å². The van der Waals surface area contributed by atoms with Gasteiger partial charge in [-0.15, -0.1) is 0 Å². The highest BCUT2D eigenvalue weighted by molar-refractivity contribution is 5.18. The molecule has 118 valence electrons. The normalized spacial score (nSPS) is 25.1. The van der Waals surface area contributed by atoms with E-state index in [4.69, 9.17) is 4.74 Å². The average Bonchev–Trinajstić information content (AvgIpc) is 3.20. The molecule has 3 rings (SSSR count). The van der Waals surface area contributed by atoms with Gasteiger partial charge in [0.1, 0.15) is 0 Å². The van der Waals surface area contributed by atoms with Gasteiger partial charge in [0, 0.05) is 38.1 Å². The smallest absolute Gasteiger partial charge is 0.0880 e. The van der Waals surface area contributed by atoms with Crippen molar-refractivity contribution in [2.45, 2.75) is 44.9 Å². The van der Waals surface area contributed by atoms with E-state index >= 15 is 0 Å². The minimum Gasteiger partial charge on any atom is -0.374 e. The molecule has 1 saturated carbocycles. The van der Waals surface area contributed by atoms with Crippen LogP contribution >= 0.6 is 0 Å². The first kappa shape index (κ1) is 15.1. The van der Waals surface area contributed by atoms with Crippen LogP contribution in [-0.4, -0.2) is 48.9 Å². The first-order valence-corrected chi connectivity index (χ1v) is 8.45. The largest absolute Gasteiger partial charge is 0.374 e. The highest BCUT2D eigenvalue weighted by Gasteiger charge is 2.32. The van der Waals surface area contributed by atoms with Crippen molar-refractivity contribution in [3.63, 3.8) is 0 Å². The summed E-state index contributed by atoms with van der Waals surface area (Å²) in [5.74, 6) is 0.851. The molecule has 1 aromatic rings. The molecule has 1 aromatic heterocycles. The fourth-order valence-electron chi connectivity index (χ4n) is 3.26. The first-order chi connectivity index (χ1) is 10.3. The summed E-state index contributed by atoms with van der Waals surface area (Å²) in [6.45, 7) is 7.27. The lowest BCUT2D eigenvalue weighted by Gasteiger charge is -2.30. The van der Waals surface area contributed by atoms with Crippen LogP contribution in [0.2, 0.25) is 0 Å². The molecule has 0 aromatic carbocycles. The Labute approximate surface area is 128 Å². The molecule has 1 aliphatic carbocycles. The van der Waals surface area contributed by atoms with Crippen molar-refractivity contribution in [1.82, 2.24) is 14.8 Å². The van der Waals surface area contributed by atoms with Crippen molar-refractivity contribution in [1.29, 1.82) is 0 Å². The summed E-state index contributed by atoms with van der Waals surface area (Å²) < 4.78 is 8.18. The molecule has 4 nitrogen and oxygen atoms in total. The zero-order chi connectivity index (χ0) is 14.7. The summed E-state index contributed by atoms with van der Waals surface area (Å²) in [5, 5.41) is 3.72. The number of nitrogens with one attached hydrogen (secondary N) is 1. The fraction of sp³-hybridized carbons (Fsp3) is 0.765. The zero-order valence-electron chi connectivity index (χ0n) is 13.4. The third-order valence-electron chi connectivity index (χ3n) is 4.60. The van der Waals surface area contributed by atoms with Crippen LogP contribution in [0, 0.1) is 5.92 Å². The molecule has 2 heterocycles. The molecule has 0 amide bonds. The van der Waals surface area contributed by atoms with Crippen LogP contribution in [0.5, 0.6) is 0 Å². The van der Waals surface area contributed by atoms with Gasteiger partial charge in [0.15, 0.2) is 0 Å². The molecule has 21 heavy (non-hydrogen) atoms. The predicted molar refractivity (Wildman–Crippen MR) is 85.4 cm³/mol. The SMILES string of the molecule is CCCNC(c1ccn(CC2CN(C)CCO2)c1)C1CC1. The first-order valence-electron chi connectivity index (χ1n) is 8.45. The van der Waals surface area contributed by atoms with Gasteiger partial charge in [-0.25, -0.2) is 0 Å². The lowest BCUT2D eigenvalue weighted by atomic mass is 10.1. The number of ether oxygens (including phenoxy) is 1. The highest BCUT2D eigenvalue weighted by Crippen LogP contribution is 2.41. The van der Waals surface area contributed by atoms with Gasteiger partial charge in [0.2, 0.25) is 0 Å². The Kier molecular flexibility index (Phi) is 4.99. The molecule has 0 radical (unpaired) electrons. The van der Waals surface area contributed by atoms with Gasteiger partial charge >= 0.3 is 0 Å². The van der Waals surface area contributed by atoms with Crippen LogP contribution < -0.4 is 5.32 Å². The topological polar surface area (TPSA) is 29.4 Å². The van der Waals surface area contributed by atoms with Crippen LogP contribution in [0.4, 0.5) is 0 Å². The Balaban J connectivity index is 1.59. The number of likely N-dealkylation sites (N-methyl/N-ethyl adjacent to an activating group) is 1. The molecule has 2 aliphatic rings. The maximum atomic E-state index is 5.87. The number of nitrogens with zero attached hydrogens (tertiary/aromatic N) is 2. The lowest BCUT2D eigenvalue weighted by Crippen LogP contribution is -2.41. The molecule has 4 heteroatoms. The highest BCUT2D eigenvalue weighted by atomic mass is 16.5. The van der Waals surface area contributed by atoms with Crippen molar-refractivity contribution in [3.8, 4) is 0 Å². The van der Waals surface area contributed by atoms with Crippen LogP contribution in [0.25, 0.3) is 0 Å². The van der Waals surface area contributed by atoms with E-state index < -0.39 is 0 Å². The van der Waals surface area contributed by atoms with Crippen LogP contribution in [0.3, 0.4) is 0 Å². The second-order valence-corrected chi connectivity index (χ2v) is 6.67. The quantitative estimate of drug-likeness (QED) is 0.836. The van der Waals surface area contributed by atoms with Gasteiger partial charge in [-0.2, -0.15) is 0 Å². The molecule has 1 N–H and O–H groups in total. The molecule has 2 atom stereocenters. The van der Waals surface area contributed by atoms with E-state index in [0.29, 0.717) is 12.1 Å². The Morgan fingerprint density at radius 1 is 1.43 bits per heavy atom. The Morgan fingerprint density at radius 3 is 3.00 bits per heavy atom. The Hall–Kier alpha value is -0.840. The minimum absolute atomic E-state index is 0.326. The van der Waals surface area contributed by atoms with E-state index in [1.807, 2.05) is 0 Å². The monoisotopic (exact) mass is 291 g/mol. The second-order valence-electron chi connectivity index (χ2n) is 6.67. The molecule has 2 fully saturated rings. The summed E-state index contributed by atoms with van der Waals surface area (Å²) in [5.41, 5.74) is 1.45. The Morgan fingerprint density at radius 2 is 2.29 bits per heavy atom. The minimum atomic E-state index is 0.326. The summed E-state index contributed by atoms with van der Waals surface area (Å²) in [6.07, 6.45) is 8.82. The van der Waals surface area contributed by atoms with Crippen LogP contribution in [0.1, 0.15) is 37.8 Å². The maximum absolute atomic E-state index is 5.87. The van der Waals surface area contributed by atoms with E-state index in [0.717, 1.165) is 38.7 Å². The molecule has 1 aliphatic heterocycles. The van der Waals surface area contributed by atoms with Gasteiger partial charge in [-0.3, -0.25) is 0 Å². The number of hydrogen-bond donors (Lipinski definition) is 1. The van der Waals surface area contributed by atoms with Crippen molar-refractivity contribution in [2.24, 2.45) is 5.92 Å². The molecule has 0 bridgehead atoms. The second kappa shape index (κ2) is 6.95. The summed E-state index contributed by atoms with van der Waals surface area (Å²) in [4.78, 5) is 2.36. The fourth-order valence-corrected chi connectivity index (χ4v) is 3.26. The average molecular weight is 291 g/mol. The van der Waals surface area contributed by atoms with E-state index in [1.165, 1.54) is 24.8 Å². The summed E-state index contributed by atoms with van der Waals surface area (Å²) in [7, 11) is 2.18. The molecule has 0 spiro atoms.